The van der Waals surface area contributed by atoms with Gasteiger partial charge in [0.2, 0.25) is 5.95 Å². The highest BCUT2D eigenvalue weighted by Gasteiger charge is 2.13. The van der Waals surface area contributed by atoms with Crippen LogP contribution in [0.2, 0.25) is 0 Å². The summed E-state index contributed by atoms with van der Waals surface area (Å²) in [7, 11) is 0. The molecular weight excluding hydrogens is 231 g/mol. The molecule has 0 spiro atoms. The zero-order valence-corrected chi connectivity index (χ0v) is 9.99. The van der Waals surface area contributed by atoms with Gasteiger partial charge in [0.25, 0.3) is 0 Å². The number of fused-ring (bicyclic) bond motifs is 1. The summed E-state index contributed by atoms with van der Waals surface area (Å²) in [5.41, 5.74) is 0.762. The van der Waals surface area contributed by atoms with Crippen molar-refractivity contribution in [3.63, 3.8) is 0 Å². The summed E-state index contributed by atoms with van der Waals surface area (Å²) in [5, 5.41) is 7.37. The molecule has 0 unspecified atom stereocenters. The summed E-state index contributed by atoms with van der Waals surface area (Å²) in [6, 6.07) is 4.91. The second-order valence-corrected chi connectivity index (χ2v) is 4.58. The van der Waals surface area contributed by atoms with Crippen LogP contribution >= 0.6 is 0 Å². The molecule has 3 rings (SSSR count). The van der Waals surface area contributed by atoms with Crippen LogP contribution in [0.25, 0.3) is 10.9 Å². The van der Waals surface area contributed by atoms with Crippen molar-refractivity contribution in [2.24, 2.45) is 0 Å². The Hall–Kier alpha value is -1.75. The van der Waals surface area contributed by atoms with Crippen molar-refractivity contribution in [3.8, 4) is 0 Å². The Morgan fingerprint density at radius 1 is 1.39 bits per heavy atom. The summed E-state index contributed by atoms with van der Waals surface area (Å²) >= 11 is 0. The maximum atomic E-state index is 13.0. The summed E-state index contributed by atoms with van der Waals surface area (Å²) < 4.78 is 13.0. The number of benzene rings is 1. The first-order valence-electron chi connectivity index (χ1n) is 6.21. The lowest BCUT2D eigenvalue weighted by molar-refractivity contribution is 0.478. The number of halogens is 1. The van der Waals surface area contributed by atoms with E-state index < -0.39 is 0 Å². The number of piperidine rings is 1. The van der Waals surface area contributed by atoms with E-state index in [1.807, 2.05) is 0 Å². The predicted molar refractivity (Wildman–Crippen MR) is 69.0 cm³/mol. The molecule has 2 heterocycles. The van der Waals surface area contributed by atoms with Crippen LogP contribution in [-0.2, 0) is 0 Å². The number of rotatable bonds is 2. The summed E-state index contributed by atoms with van der Waals surface area (Å²) in [4.78, 5) is 8.62. The average Bonchev–Trinajstić information content (AvgIpc) is 2.40. The second kappa shape index (κ2) is 4.86. The van der Waals surface area contributed by atoms with Crippen molar-refractivity contribution in [2.45, 2.75) is 18.9 Å². The van der Waals surface area contributed by atoms with Gasteiger partial charge < -0.3 is 10.6 Å². The fourth-order valence-corrected chi connectivity index (χ4v) is 2.23. The summed E-state index contributed by atoms with van der Waals surface area (Å²) in [6.07, 6.45) is 3.94. The Morgan fingerprint density at radius 2 is 2.33 bits per heavy atom. The topological polar surface area (TPSA) is 49.8 Å². The van der Waals surface area contributed by atoms with Crippen molar-refractivity contribution < 1.29 is 4.39 Å². The SMILES string of the molecule is Fc1ccc2nc(N[C@@H]3CCCNC3)ncc2c1. The molecule has 1 aliphatic rings. The van der Waals surface area contributed by atoms with Crippen molar-refractivity contribution in [1.29, 1.82) is 0 Å². The van der Waals surface area contributed by atoms with E-state index >= 15 is 0 Å². The molecule has 1 aliphatic heterocycles. The Morgan fingerprint density at radius 3 is 3.17 bits per heavy atom. The fraction of sp³-hybridized carbons (Fsp3) is 0.385. The third-order valence-electron chi connectivity index (χ3n) is 3.17. The molecule has 4 nitrogen and oxygen atoms in total. The molecule has 1 saturated heterocycles. The van der Waals surface area contributed by atoms with Gasteiger partial charge in [0.05, 0.1) is 5.52 Å². The number of aromatic nitrogens is 2. The molecule has 1 fully saturated rings. The van der Waals surface area contributed by atoms with E-state index in [-0.39, 0.29) is 5.82 Å². The summed E-state index contributed by atoms with van der Waals surface area (Å²) in [5.74, 6) is 0.353. The van der Waals surface area contributed by atoms with Crippen LogP contribution in [0.3, 0.4) is 0 Å². The van der Waals surface area contributed by atoms with E-state index in [4.69, 9.17) is 0 Å². The first kappa shape index (κ1) is 11.3. The third-order valence-corrected chi connectivity index (χ3v) is 3.17. The lowest BCUT2D eigenvalue weighted by atomic mass is 10.1. The number of nitrogens with one attached hydrogen (secondary N) is 2. The number of hydrogen-bond acceptors (Lipinski definition) is 4. The first-order valence-corrected chi connectivity index (χ1v) is 6.21. The molecule has 0 amide bonds. The monoisotopic (exact) mass is 246 g/mol. The highest BCUT2D eigenvalue weighted by molar-refractivity contribution is 5.78. The maximum Gasteiger partial charge on any atom is 0.223 e. The minimum Gasteiger partial charge on any atom is -0.350 e. The van der Waals surface area contributed by atoms with Crippen LogP contribution < -0.4 is 10.6 Å². The Kier molecular flexibility index (Phi) is 3.06. The van der Waals surface area contributed by atoms with Crippen LogP contribution in [-0.4, -0.2) is 29.1 Å². The molecule has 2 N–H and O–H groups in total. The van der Waals surface area contributed by atoms with E-state index in [1.54, 1.807) is 12.3 Å². The first-order chi connectivity index (χ1) is 8.81. The largest absolute Gasteiger partial charge is 0.350 e. The van der Waals surface area contributed by atoms with Gasteiger partial charge in [-0.1, -0.05) is 0 Å². The lowest BCUT2D eigenvalue weighted by Gasteiger charge is -2.23. The summed E-state index contributed by atoms with van der Waals surface area (Å²) in [6.45, 7) is 2.01. The molecule has 5 heteroatoms. The quantitative estimate of drug-likeness (QED) is 0.850. The number of nitrogens with zero attached hydrogens (tertiary/aromatic N) is 2. The molecule has 94 valence electrons. The molecule has 0 bridgehead atoms. The van der Waals surface area contributed by atoms with Gasteiger partial charge in [0.15, 0.2) is 0 Å². The molecule has 2 aromatic rings. The maximum absolute atomic E-state index is 13.0. The van der Waals surface area contributed by atoms with Crippen LogP contribution in [0, 0.1) is 5.82 Å². The van der Waals surface area contributed by atoms with Gasteiger partial charge in [-0.25, -0.2) is 14.4 Å². The lowest BCUT2D eigenvalue weighted by Crippen LogP contribution is -2.38. The standard InChI is InChI=1S/C13H15FN4/c14-10-3-4-12-9(6-10)7-16-13(18-12)17-11-2-1-5-15-8-11/h3-4,6-7,11,15H,1-2,5,8H2,(H,16,17,18)/t11-/m1/s1. The van der Waals surface area contributed by atoms with Crippen LogP contribution in [0.15, 0.2) is 24.4 Å². The Balaban J connectivity index is 1.82. The van der Waals surface area contributed by atoms with Gasteiger partial charge in [-0.3, -0.25) is 0 Å². The highest BCUT2D eigenvalue weighted by Crippen LogP contribution is 2.15. The smallest absolute Gasteiger partial charge is 0.223 e. The van der Waals surface area contributed by atoms with Crippen LogP contribution in [0.1, 0.15) is 12.8 Å². The van der Waals surface area contributed by atoms with Crippen molar-refractivity contribution in [3.05, 3.63) is 30.2 Å². The van der Waals surface area contributed by atoms with Crippen LogP contribution in [0.4, 0.5) is 10.3 Å². The van der Waals surface area contributed by atoms with Gasteiger partial charge >= 0.3 is 0 Å². The van der Waals surface area contributed by atoms with Gasteiger partial charge in [-0.15, -0.1) is 0 Å². The highest BCUT2D eigenvalue weighted by atomic mass is 19.1. The van der Waals surface area contributed by atoms with E-state index in [0.29, 0.717) is 12.0 Å². The van der Waals surface area contributed by atoms with Gasteiger partial charge in [-0.2, -0.15) is 0 Å². The molecule has 1 aromatic heterocycles. The molecule has 1 atom stereocenters. The number of hydrogen-bond donors (Lipinski definition) is 2. The van der Waals surface area contributed by atoms with E-state index in [0.717, 1.165) is 36.8 Å². The zero-order chi connectivity index (χ0) is 12.4. The molecule has 0 radical (unpaired) electrons. The van der Waals surface area contributed by atoms with E-state index in [9.17, 15) is 4.39 Å². The fourth-order valence-electron chi connectivity index (χ4n) is 2.23. The Labute approximate surface area is 105 Å². The molecule has 1 aromatic carbocycles. The van der Waals surface area contributed by atoms with Crippen molar-refractivity contribution >= 4 is 16.9 Å². The predicted octanol–water partition coefficient (Wildman–Crippen LogP) is 1.93. The minimum atomic E-state index is -0.261. The second-order valence-electron chi connectivity index (χ2n) is 4.58. The van der Waals surface area contributed by atoms with Gasteiger partial charge in [0.1, 0.15) is 5.82 Å². The normalized spacial score (nSPS) is 19.9. The van der Waals surface area contributed by atoms with Crippen LogP contribution in [0.5, 0.6) is 0 Å². The average molecular weight is 246 g/mol. The van der Waals surface area contributed by atoms with E-state index in [2.05, 4.69) is 20.6 Å². The molecule has 0 aliphatic carbocycles. The third kappa shape index (κ3) is 2.41. The molecule has 0 saturated carbocycles. The minimum absolute atomic E-state index is 0.261. The molecule has 18 heavy (non-hydrogen) atoms. The van der Waals surface area contributed by atoms with Gasteiger partial charge in [0, 0.05) is 24.2 Å². The zero-order valence-electron chi connectivity index (χ0n) is 9.99. The van der Waals surface area contributed by atoms with Crippen molar-refractivity contribution in [1.82, 2.24) is 15.3 Å². The van der Waals surface area contributed by atoms with E-state index in [1.165, 1.54) is 12.1 Å². The van der Waals surface area contributed by atoms with Gasteiger partial charge in [-0.05, 0) is 37.6 Å². The van der Waals surface area contributed by atoms with Crippen molar-refractivity contribution in [2.75, 3.05) is 18.4 Å². The number of anilines is 1. The Bertz CT molecular complexity index is 552. The molecular formula is C13H15FN4.